The summed E-state index contributed by atoms with van der Waals surface area (Å²) in [6.07, 6.45) is 4.46. The first-order valence-electron chi connectivity index (χ1n) is 4.97. The average molecular weight is 152 g/mol. The Bertz CT molecular complexity index is 180. The molecule has 0 amide bonds. The molecule has 0 spiro atoms. The highest BCUT2D eigenvalue weighted by molar-refractivity contribution is 5.07. The van der Waals surface area contributed by atoms with Gasteiger partial charge in [-0.25, -0.2) is 0 Å². The summed E-state index contributed by atoms with van der Waals surface area (Å²) in [5.74, 6) is 2.03. The van der Waals surface area contributed by atoms with Gasteiger partial charge in [0.05, 0.1) is 0 Å². The number of fused-ring (bicyclic) bond motifs is 2. The van der Waals surface area contributed by atoms with Crippen LogP contribution in [0.4, 0.5) is 0 Å². The van der Waals surface area contributed by atoms with Crippen LogP contribution in [-0.4, -0.2) is 0 Å². The molecule has 0 aromatic heterocycles. The van der Waals surface area contributed by atoms with Crippen LogP contribution in [-0.2, 0) is 0 Å². The molecule has 64 valence electrons. The first-order chi connectivity index (χ1) is 4.97. The Morgan fingerprint density at radius 3 is 2.00 bits per heavy atom. The molecule has 3 atom stereocenters. The third-order valence-corrected chi connectivity index (χ3v) is 5.07. The summed E-state index contributed by atoms with van der Waals surface area (Å²) in [6, 6.07) is 0. The third-order valence-electron chi connectivity index (χ3n) is 5.07. The third kappa shape index (κ3) is 0.711. The second-order valence-electron chi connectivity index (χ2n) is 5.59. The van der Waals surface area contributed by atoms with Gasteiger partial charge in [-0.15, -0.1) is 0 Å². The molecule has 0 heteroatoms. The zero-order valence-corrected chi connectivity index (χ0v) is 8.28. The Morgan fingerprint density at radius 1 is 1.18 bits per heavy atom. The molecule has 2 rings (SSSR count). The van der Waals surface area contributed by atoms with Gasteiger partial charge in [0.1, 0.15) is 0 Å². The molecular weight excluding hydrogens is 132 g/mol. The molecule has 0 aliphatic heterocycles. The van der Waals surface area contributed by atoms with Crippen molar-refractivity contribution in [3.8, 4) is 0 Å². The Hall–Kier alpha value is 0. The maximum absolute atomic E-state index is 2.50. The van der Waals surface area contributed by atoms with Crippen molar-refractivity contribution in [2.45, 2.75) is 47.0 Å². The van der Waals surface area contributed by atoms with Crippen LogP contribution in [0, 0.1) is 22.7 Å². The van der Waals surface area contributed by atoms with E-state index in [1.165, 1.54) is 19.3 Å². The normalized spacial score (nSPS) is 53.5. The molecule has 2 aliphatic carbocycles. The van der Waals surface area contributed by atoms with Crippen molar-refractivity contribution < 1.29 is 0 Å². The summed E-state index contributed by atoms with van der Waals surface area (Å²) < 4.78 is 0. The molecule has 2 fully saturated rings. The van der Waals surface area contributed by atoms with Crippen molar-refractivity contribution in [3.63, 3.8) is 0 Å². The lowest BCUT2D eigenvalue weighted by Gasteiger charge is -2.40. The van der Waals surface area contributed by atoms with Gasteiger partial charge in [0.25, 0.3) is 0 Å². The summed E-state index contributed by atoms with van der Waals surface area (Å²) in [5, 5.41) is 0. The predicted molar refractivity (Wildman–Crippen MR) is 48.4 cm³/mol. The van der Waals surface area contributed by atoms with Crippen LogP contribution in [0.5, 0.6) is 0 Å². The van der Waals surface area contributed by atoms with Crippen molar-refractivity contribution in [3.05, 3.63) is 0 Å². The molecule has 0 N–H and O–H groups in total. The SMILES string of the molecule is CC1C2CCC1(C)C(C)(C)C2. The predicted octanol–water partition coefficient (Wildman–Crippen LogP) is 3.47. The highest BCUT2D eigenvalue weighted by Gasteiger charge is 2.58. The summed E-state index contributed by atoms with van der Waals surface area (Å²) in [6.45, 7) is 9.89. The van der Waals surface area contributed by atoms with Gasteiger partial charge in [-0.3, -0.25) is 0 Å². The Balaban J connectivity index is 2.37. The van der Waals surface area contributed by atoms with Crippen LogP contribution in [0.25, 0.3) is 0 Å². The summed E-state index contributed by atoms with van der Waals surface area (Å²) in [7, 11) is 0. The smallest absolute Gasteiger partial charge is 0.0246 e. The summed E-state index contributed by atoms with van der Waals surface area (Å²) in [5.41, 5.74) is 1.28. The van der Waals surface area contributed by atoms with Crippen LogP contribution < -0.4 is 0 Å². The fourth-order valence-corrected chi connectivity index (χ4v) is 3.61. The van der Waals surface area contributed by atoms with Crippen molar-refractivity contribution in [1.82, 2.24) is 0 Å². The van der Waals surface area contributed by atoms with E-state index in [2.05, 4.69) is 27.7 Å². The zero-order chi connectivity index (χ0) is 8.28. The maximum Gasteiger partial charge on any atom is -0.0246 e. The molecule has 0 heterocycles. The van der Waals surface area contributed by atoms with E-state index in [-0.39, 0.29) is 0 Å². The lowest BCUT2D eigenvalue weighted by atomic mass is 9.64. The highest BCUT2D eigenvalue weighted by Crippen LogP contribution is 2.66. The first kappa shape index (κ1) is 7.64. The molecule has 0 nitrogen and oxygen atoms in total. The molecule has 11 heavy (non-hydrogen) atoms. The lowest BCUT2D eigenvalue weighted by Crippen LogP contribution is -2.32. The van der Waals surface area contributed by atoms with Crippen LogP contribution in [0.1, 0.15) is 47.0 Å². The number of hydrogen-bond donors (Lipinski definition) is 0. The monoisotopic (exact) mass is 152 g/mol. The van der Waals surface area contributed by atoms with Gasteiger partial charge in [-0.1, -0.05) is 27.7 Å². The first-order valence-corrected chi connectivity index (χ1v) is 4.97. The number of rotatable bonds is 0. The molecule has 2 bridgehead atoms. The van der Waals surface area contributed by atoms with E-state index < -0.39 is 0 Å². The van der Waals surface area contributed by atoms with E-state index in [4.69, 9.17) is 0 Å². The van der Waals surface area contributed by atoms with Gasteiger partial charge in [0.15, 0.2) is 0 Å². The average Bonchev–Trinajstić information content (AvgIpc) is 2.22. The largest absolute Gasteiger partial charge is 0.0617 e. The van der Waals surface area contributed by atoms with Crippen LogP contribution >= 0.6 is 0 Å². The van der Waals surface area contributed by atoms with Crippen molar-refractivity contribution in [2.24, 2.45) is 22.7 Å². The maximum atomic E-state index is 2.50. The topological polar surface area (TPSA) is 0 Å². The second-order valence-corrected chi connectivity index (χ2v) is 5.59. The molecule has 0 aromatic rings. The van der Waals surface area contributed by atoms with E-state index >= 15 is 0 Å². The Kier molecular flexibility index (Phi) is 1.28. The number of hydrogen-bond acceptors (Lipinski definition) is 0. The van der Waals surface area contributed by atoms with Crippen molar-refractivity contribution >= 4 is 0 Å². The van der Waals surface area contributed by atoms with Gasteiger partial charge >= 0.3 is 0 Å². The minimum Gasteiger partial charge on any atom is -0.0617 e. The molecule has 0 radical (unpaired) electrons. The van der Waals surface area contributed by atoms with Crippen LogP contribution in [0.2, 0.25) is 0 Å². The molecule has 2 aliphatic rings. The summed E-state index contributed by atoms with van der Waals surface area (Å²) in [4.78, 5) is 0. The Labute approximate surface area is 70.4 Å². The fraction of sp³-hybridized carbons (Fsp3) is 1.00. The van der Waals surface area contributed by atoms with Gasteiger partial charge < -0.3 is 0 Å². The molecule has 3 unspecified atom stereocenters. The molecular formula is C11H20. The standard InChI is InChI=1S/C11H20/c1-8-9-5-6-11(8,4)10(2,3)7-9/h8-9H,5-7H2,1-4H3. The quantitative estimate of drug-likeness (QED) is 0.498. The molecule has 0 aromatic carbocycles. The second kappa shape index (κ2) is 1.84. The fourth-order valence-electron chi connectivity index (χ4n) is 3.61. The molecule has 0 saturated heterocycles. The minimum absolute atomic E-state index is 0.620. The van der Waals surface area contributed by atoms with Gasteiger partial charge in [-0.05, 0) is 41.9 Å². The van der Waals surface area contributed by atoms with Crippen LogP contribution in [0.3, 0.4) is 0 Å². The van der Waals surface area contributed by atoms with E-state index in [0.717, 1.165) is 11.8 Å². The van der Waals surface area contributed by atoms with Gasteiger partial charge in [-0.2, -0.15) is 0 Å². The van der Waals surface area contributed by atoms with E-state index in [1.54, 1.807) is 0 Å². The van der Waals surface area contributed by atoms with E-state index in [9.17, 15) is 0 Å². The van der Waals surface area contributed by atoms with Crippen molar-refractivity contribution in [1.29, 1.82) is 0 Å². The minimum atomic E-state index is 0.620. The zero-order valence-electron chi connectivity index (χ0n) is 8.28. The molecule has 2 saturated carbocycles. The lowest BCUT2D eigenvalue weighted by molar-refractivity contribution is 0.0897. The van der Waals surface area contributed by atoms with E-state index in [0.29, 0.717) is 10.8 Å². The Morgan fingerprint density at radius 2 is 1.82 bits per heavy atom. The van der Waals surface area contributed by atoms with Crippen molar-refractivity contribution in [2.75, 3.05) is 0 Å². The summed E-state index contributed by atoms with van der Waals surface area (Å²) >= 11 is 0. The van der Waals surface area contributed by atoms with Gasteiger partial charge in [0, 0.05) is 0 Å². The van der Waals surface area contributed by atoms with E-state index in [1.807, 2.05) is 0 Å². The van der Waals surface area contributed by atoms with Gasteiger partial charge in [0.2, 0.25) is 0 Å². The van der Waals surface area contributed by atoms with Crippen LogP contribution in [0.15, 0.2) is 0 Å². The highest BCUT2D eigenvalue weighted by atomic mass is 14.6.